The van der Waals surface area contributed by atoms with Gasteiger partial charge in [-0.3, -0.25) is 4.90 Å². The molecule has 1 aromatic heterocycles. The molecule has 0 saturated carbocycles. The van der Waals surface area contributed by atoms with Gasteiger partial charge in [0.2, 0.25) is 5.95 Å². The lowest BCUT2D eigenvalue weighted by atomic mass is 10.1. The maximum atomic E-state index is 13.2. The third kappa shape index (κ3) is 4.53. The van der Waals surface area contributed by atoms with E-state index in [9.17, 15) is 4.39 Å². The van der Waals surface area contributed by atoms with Gasteiger partial charge in [0.1, 0.15) is 11.6 Å². The van der Waals surface area contributed by atoms with Crippen molar-refractivity contribution in [3.63, 3.8) is 0 Å². The molecule has 0 spiro atoms. The van der Waals surface area contributed by atoms with E-state index in [1.807, 2.05) is 30.5 Å². The van der Waals surface area contributed by atoms with Crippen molar-refractivity contribution in [3.8, 4) is 5.75 Å². The number of nitrogens with zero attached hydrogens (tertiary/aromatic N) is 5. The van der Waals surface area contributed by atoms with Gasteiger partial charge in [0.05, 0.1) is 12.8 Å². The largest absolute Gasteiger partial charge is 0.497 e. The summed E-state index contributed by atoms with van der Waals surface area (Å²) in [4.78, 5) is 16.6. The quantitative estimate of drug-likeness (QED) is 0.614. The Labute approximate surface area is 188 Å². The van der Waals surface area contributed by atoms with Gasteiger partial charge in [0.15, 0.2) is 0 Å². The molecule has 0 atom stereocenters. The monoisotopic (exact) mass is 433 g/mol. The molecule has 3 aromatic rings. The number of rotatable bonds is 5. The van der Waals surface area contributed by atoms with E-state index in [1.54, 1.807) is 7.11 Å². The number of hydrogen-bond acceptors (Lipinski definition) is 6. The Morgan fingerprint density at radius 1 is 0.906 bits per heavy atom. The molecule has 5 rings (SSSR count). The van der Waals surface area contributed by atoms with E-state index >= 15 is 0 Å². The number of aromatic nitrogens is 2. The van der Waals surface area contributed by atoms with Crippen LogP contribution in [0, 0.1) is 5.82 Å². The topological polar surface area (TPSA) is 44.7 Å². The number of benzene rings is 2. The first kappa shape index (κ1) is 20.7. The fraction of sp³-hybridized carbons (Fsp3) is 0.360. The van der Waals surface area contributed by atoms with Crippen molar-refractivity contribution in [2.75, 3.05) is 49.6 Å². The molecule has 0 amide bonds. The molecule has 6 nitrogen and oxygen atoms in total. The van der Waals surface area contributed by atoms with Crippen LogP contribution in [-0.4, -0.2) is 54.7 Å². The van der Waals surface area contributed by atoms with Crippen LogP contribution in [0.2, 0.25) is 0 Å². The van der Waals surface area contributed by atoms with Gasteiger partial charge in [-0.25, -0.2) is 14.4 Å². The van der Waals surface area contributed by atoms with Crippen molar-refractivity contribution in [2.45, 2.75) is 19.5 Å². The van der Waals surface area contributed by atoms with Crippen LogP contribution in [0.4, 0.5) is 16.0 Å². The first-order valence-electron chi connectivity index (χ1n) is 11.1. The number of anilines is 2. The highest BCUT2D eigenvalue weighted by molar-refractivity contribution is 5.48. The van der Waals surface area contributed by atoms with Gasteiger partial charge in [0.25, 0.3) is 0 Å². The maximum Gasteiger partial charge on any atom is 0.225 e. The van der Waals surface area contributed by atoms with E-state index in [0.717, 1.165) is 69.6 Å². The Morgan fingerprint density at radius 2 is 1.62 bits per heavy atom. The molecule has 0 N–H and O–H groups in total. The average molecular weight is 434 g/mol. The number of methoxy groups -OCH3 is 1. The summed E-state index contributed by atoms with van der Waals surface area (Å²) in [6.45, 7) is 6.26. The highest BCUT2D eigenvalue weighted by Gasteiger charge is 2.23. The molecule has 3 heterocycles. The molecular formula is C25H28FN5O. The minimum absolute atomic E-state index is 0.197. The van der Waals surface area contributed by atoms with Crippen molar-refractivity contribution in [1.82, 2.24) is 14.9 Å². The molecule has 2 aliphatic rings. The Bertz CT molecular complexity index is 1050. The molecule has 0 radical (unpaired) electrons. The number of fused-ring (bicyclic) bond motifs is 1. The van der Waals surface area contributed by atoms with Crippen LogP contribution in [0.1, 0.15) is 16.8 Å². The third-order valence-electron chi connectivity index (χ3n) is 6.32. The van der Waals surface area contributed by atoms with Crippen LogP contribution in [0.15, 0.2) is 54.7 Å². The number of halogens is 1. The lowest BCUT2D eigenvalue weighted by Gasteiger charge is -2.36. The third-order valence-corrected chi connectivity index (χ3v) is 6.32. The van der Waals surface area contributed by atoms with E-state index in [4.69, 9.17) is 14.7 Å². The summed E-state index contributed by atoms with van der Waals surface area (Å²) in [5.41, 5.74) is 4.74. The smallest absolute Gasteiger partial charge is 0.225 e. The van der Waals surface area contributed by atoms with Crippen LogP contribution < -0.4 is 14.5 Å². The number of piperazine rings is 1. The van der Waals surface area contributed by atoms with Gasteiger partial charge < -0.3 is 14.5 Å². The molecule has 166 valence electrons. The van der Waals surface area contributed by atoms with E-state index in [2.05, 4.69) is 26.8 Å². The molecule has 32 heavy (non-hydrogen) atoms. The first-order chi connectivity index (χ1) is 15.7. The maximum absolute atomic E-state index is 13.2. The second kappa shape index (κ2) is 9.12. The Kier molecular flexibility index (Phi) is 5.90. The average Bonchev–Trinajstić information content (AvgIpc) is 2.85. The van der Waals surface area contributed by atoms with Crippen molar-refractivity contribution >= 4 is 11.6 Å². The van der Waals surface area contributed by atoms with Crippen LogP contribution in [-0.2, 0) is 19.5 Å². The van der Waals surface area contributed by atoms with E-state index in [-0.39, 0.29) is 5.82 Å². The van der Waals surface area contributed by atoms with Gasteiger partial charge in [-0.15, -0.1) is 0 Å². The highest BCUT2D eigenvalue weighted by atomic mass is 19.1. The summed E-state index contributed by atoms with van der Waals surface area (Å²) < 4.78 is 18.4. The highest BCUT2D eigenvalue weighted by Crippen LogP contribution is 2.23. The van der Waals surface area contributed by atoms with Gasteiger partial charge in [-0.2, -0.15) is 0 Å². The zero-order chi connectivity index (χ0) is 21.9. The fourth-order valence-corrected chi connectivity index (χ4v) is 4.46. The summed E-state index contributed by atoms with van der Waals surface area (Å²) >= 11 is 0. The van der Waals surface area contributed by atoms with Crippen molar-refractivity contribution in [1.29, 1.82) is 0 Å². The van der Waals surface area contributed by atoms with Crippen LogP contribution in [0.3, 0.4) is 0 Å². The Morgan fingerprint density at radius 3 is 2.34 bits per heavy atom. The first-order valence-corrected chi connectivity index (χ1v) is 11.1. The molecule has 2 aliphatic heterocycles. The van der Waals surface area contributed by atoms with Gasteiger partial charge in [-0.05, 0) is 42.0 Å². The molecule has 2 aromatic carbocycles. The summed E-state index contributed by atoms with van der Waals surface area (Å²) in [6.07, 6.45) is 2.95. The summed E-state index contributed by atoms with van der Waals surface area (Å²) in [6, 6.07) is 15.0. The van der Waals surface area contributed by atoms with Gasteiger partial charge >= 0.3 is 0 Å². The summed E-state index contributed by atoms with van der Waals surface area (Å²) in [7, 11) is 1.69. The molecule has 0 aliphatic carbocycles. The predicted octanol–water partition coefficient (Wildman–Crippen LogP) is 3.51. The lowest BCUT2D eigenvalue weighted by molar-refractivity contribution is 0.243. The van der Waals surface area contributed by atoms with Crippen molar-refractivity contribution in [2.24, 2.45) is 0 Å². The molecular weight excluding hydrogens is 405 g/mol. The molecule has 1 fully saturated rings. The fourth-order valence-electron chi connectivity index (χ4n) is 4.46. The number of ether oxygens (including phenoxy) is 1. The standard InChI is InChI=1S/C25H28FN5O/c1-32-23-8-2-19(3-9-23)17-29-11-10-24-20(18-29)16-27-25(28-24)31-14-12-30(13-15-31)22-6-4-21(26)5-7-22/h2-9,16H,10-15,17-18H2,1H3. The van der Waals surface area contributed by atoms with Crippen LogP contribution >= 0.6 is 0 Å². The molecule has 1 saturated heterocycles. The zero-order valence-electron chi connectivity index (χ0n) is 18.4. The van der Waals surface area contributed by atoms with Gasteiger partial charge in [-0.1, -0.05) is 12.1 Å². The van der Waals surface area contributed by atoms with Crippen LogP contribution in [0.5, 0.6) is 5.75 Å². The van der Waals surface area contributed by atoms with Gasteiger partial charge in [0, 0.05) is 69.7 Å². The summed E-state index contributed by atoms with van der Waals surface area (Å²) in [5, 5.41) is 0. The minimum Gasteiger partial charge on any atom is -0.497 e. The predicted molar refractivity (Wildman–Crippen MR) is 124 cm³/mol. The van der Waals surface area contributed by atoms with Crippen molar-refractivity contribution in [3.05, 3.63) is 77.4 Å². The van der Waals surface area contributed by atoms with Crippen molar-refractivity contribution < 1.29 is 9.13 Å². The second-order valence-electron chi connectivity index (χ2n) is 8.40. The SMILES string of the molecule is COc1ccc(CN2CCc3nc(N4CCN(c5ccc(F)cc5)CC4)ncc3C2)cc1. The van der Waals surface area contributed by atoms with E-state index in [1.165, 1.54) is 29.0 Å². The molecule has 0 unspecified atom stereocenters. The zero-order valence-corrected chi connectivity index (χ0v) is 18.4. The Balaban J connectivity index is 1.19. The van der Waals surface area contributed by atoms with E-state index < -0.39 is 0 Å². The van der Waals surface area contributed by atoms with E-state index in [0.29, 0.717) is 0 Å². The normalized spacial score (nSPS) is 16.7. The summed E-state index contributed by atoms with van der Waals surface area (Å²) in [5.74, 6) is 1.51. The molecule has 7 heteroatoms. The minimum atomic E-state index is -0.197. The molecule has 0 bridgehead atoms. The second-order valence-corrected chi connectivity index (χ2v) is 8.40. The lowest BCUT2D eigenvalue weighted by Crippen LogP contribution is -2.47. The Hall–Kier alpha value is -3.19. The number of hydrogen-bond donors (Lipinski definition) is 0. The van der Waals surface area contributed by atoms with Crippen LogP contribution in [0.25, 0.3) is 0 Å².